The van der Waals surface area contributed by atoms with Gasteiger partial charge in [-0.15, -0.1) is 0 Å². The second-order valence-corrected chi connectivity index (χ2v) is 6.51. The minimum atomic E-state index is -0.185. The van der Waals surface area contributed by atoms with Gasteiger partial charge in [0.1, 0.15) is 5.75 Å². The Hall–Kier alpha value is -2.60. The topological polar surface area (TPSA) is 57.7 Å². The molecule has 1 amide bonds. The molecule has 6 heteroatoms. The quantitative estimate of drug-likeness (QED) is 0.895. The van der Waals surface area contributed by atoms with Gasteiger partial charge in [0.15, 0.2) is 0 Å². The molecule has 0 spiro atoms. The number of nitrogens with zero attached hydrogens (tertiary/aromatic N) is 3. The molecule has 1 aliphatic rings. The molecule has 26 heavy (non-hydrogen) atoms. The van der Waals surface area contributed by atoms with Crippen molar-refractivity contribution in [2.75, 3.05) is 50.1 Å². The van der Waals surface area contributed by atoms with E-state index in [4.69, 9.17) is 4.74 Å². The summed E-state index contributed by atoms with van der Waals surface area (Å²) in [4.78, 5) is 21.7. The van der Waals surface area contributed by atoms with Crippen LogP contribution in [0.3, 0.4) is 0 Å². The van der Waals surface area contributed by atoms with E-state index < -0.39 is 0 Å². The number of benzene rings is 1. The van der Waals surface area contributed by atoms with E-state index in [2.05, 4.69) is 27.0 Å². The first-order valence-electron chi connectivity index (χ1n) is 8.99. The van der Waals surface area contributed by atoms with E-state index in [0.717, 1.165) is 44.0 Å². The van der Waals surface area contributed by atoms with E-state index in [-0.39, 0.29) is 5.91 Å². The van der Waals surface area contributed by atoms with Crippen LogP contribution < -0.4 is 15.0 Å². The Morgan fingerprint density at radius 2 is 1.96 bits per heavy atom. The number of carbonyl (C=O) groups excluding carboxylic acids is 1. The summed E-state index contributed by atoms with van der Waals surface area (Å²) in [6.45, 7) is 9.21. The number of ether oxygens (including phenoxy) is 1. The van der Waals surface area contributed by atoms with Crippen LogP contribution in [0.4, 0.5) is 11.4 Å². The van der Waals surface area contributed by atoms with Crippen molar-refractivity contribution < 1.29 is 9.53 Å². The van der Waals surface area contributed by atoms with E-state index in [1.807, 2.05) is 37.4 Å². The number of aromatic nitrogens is 1. The van der Waals surface area contributed by atoms with Gasteiger partial charge in [-0.25, -0.2) is 0 Å². The van der Waals surface area contributed by atoms with Gasteiger partial charge in [0.2, 0.25) is 0 Å². The number of amides is 1. The lowest BCUT2D eigenvalue weighted by atomic mass is 10.2. The first kappa shape index (κ1) is 18.2. The molecule has 1 aromatic heterocycles. The van der Waals surface area contributed by atoms with Crippen molar-refractivity contribution in [1.82, 2.24) is 9.88 Å². The Bertz CT molecular complexity index is 770. The Morgan fingerprint density at radius 3 is 2.65 bits per heavy atom. The van der Waals surface area contributed by atoms with E-state index in [1.54, 1.807) is 13.3 Å². The van der Waals surface area contributed by atoms with Gasteiger partial charge in [-0.3, -0.25) is 9.78 Å². The van der Waals surface area contributed by atoms with Crippen molar-refractivity contribution in [3.63, 3.8) is 0 Å². The molecule has 0 aliphatic carbocycles. The van der Waals surface area contributed by atoms with Crippen molar-refractivity contribution >= 4 is 17.3 Å². The molecule has 6 nitrogen and oxygen atoms in total. The first-order valence-corrected chi connectivity index (χ1v) is 8.99. The average molecular weight is 354 g/mol. The zero-order valence-electron chi connectivity index (χ0n) is 15.7. The van der Waals surface area contributed by atoms with Gasteiger partial charge in [0.05, 0.1) is 30.2 Å². The number of nitrogens with one attached hydrogen (secondary N) is 1. The maximum Gasteiger partial charge on any atom is 0.257 e. The summed E-state index contributed by atoms with van der Waals surface area (Å²) in [5.41, 5.74) is 3.26. The smallest absolute Gasteiger partial charge is 0.257 e. The molecule has 1 saturated heterocycles. The predicted molar refractivity (Wildman–Crippen MR) is 104 cm³/mol. The van der Waals surface area contributed by atoms with Crippen molar-refractivity contribution in [2.24, 2.45) is 0 Å². The second kappa shape index (κ2) is 8.19. The molecule has 1 fully saturated rings. The highest BCUT2D eigenvalue weighted by Crippen LogP contribution is 2.26. The third-order valence-electron chi connectivity index (χ3n) is 4.77. The lowest BCUT2D eigenvalue weighted by Crippen LogP contribution is -2.46. The minimum Gasteiger partial charge on any atom is -0.495 e. The molecule has 1 N–H and O–H groups in total. The van der Waals surface area contributed by atoms with Crippen molar-refractivity contribution in [1.29, 1.82) is 0 Å². The largest absolute Gasteiger partial charge is 0.495 e. The molecular weight excluding hydrogens is 328 g/mol. The van der Waals surface area contributed by atoms with Crippen molar-refractivity contribution in [3.05, 3.63) is 47.8 Å². The highest BCUT2D eigenvalue weighted by molar-refractivity contribution is 6.05. The van der Waals surface area contributed by atoms with Crippen LogP contribution in [0.25, 0.3) is 0 Å². The van der Waals surface area contributed by atoms with Gasteiger partial charge < -0.3 is 19.9 Å². The van der Waals surface area contributed by atoms with Crippen LogP contribution in [-0.2, 0) is 0 Å². The number of pyridine rings is 1. The maximum atomic E-state index is 12.7. The summed E-state index contributed by atoms with van der Waals surface area (Å²) in [6.07, 6.45) is 3.43. The van der Waals surface area contributed by atoms with E-state index in [1.165, 1.54) is 0 Å². The monoisotopic (exact) mass is 354 g/mol. The van der Waals surface area contributed by atoms with Gasteiger partial charge in [0.25, 0.3) is 5.91 Å². The van der Waals surface area contributed by atoms with Crippen LogP contribution in [0.2, 0.25) is 0 Å². The van der Waals surface area contributed by atoms with Crippen LogP contribution in [0.15, 0.2) is 36.7 Å². The van der Waals surface area contributed by atoms with Gasteiger partial charge in [-0.1, -0.05) is 13.0 Å². The number of likely N-dealkylation sites (N-methyl/N-ethyl adjacent to an activating group) is 1. The average Bonchev–Trinajstić information content (AvgIpc) is 2.68. The Kier molecular flexibility index (Phi) is 5.73. The van der Waals surface area contributed by atoms with Crippen LogP contribution in [0.1, 0.15) is 22.8 Å². The lowest BCUT2D eigenvalue weighted by Gasteiger charge is -2.35. The number of piperazine rings is 1. The molecule has 1 aliphatic heterocycles. The van der Waals surface area contributed by atoms with E-state index in [9.17, 15) is 4.79 Å². The molecule has 0 saturated carbocycles. The SMILES string of the molecule is CCN1CCN(c2cncc(C(=O)Nc3cc(C)ccc3OC)c2)CC1. The number of methoxy groups -OCH3 is 1. The fraction of sp³-hybridized carbons (Fsp3) is 0.400. The van der Waals surface area contributed by atoms with Crippen LogP contribution in [-0.4, -0.2) is 55.6 Å². The third-order valence-corrected chi connectivity index (χ3v) is 4.77. The van der Waals surface area contributed by atoms with Gasteiger partial charge in [-0.05, 0) is 37.2 Å². The molecular formula is C20H26N4O2. The number of aryl methyl sites for hydroxylation is 1. The summed E-state index contributed by atoms with van der Waals surface area (Å²) >= 11 is 0. The fourth-order valence-electron chi connectivity index (χ4n) is 3.16. The van der Waals surface area contributed by atoms with E-state index in [0.29, 0.717) is 17.0 Å². The standard InChI is InChI=1S/C20H26N4O2/c1-4-23-7-9-24(10-8-23)17-12-16(13-21-14-17)20(25)22-18-11-15(2)5-6-19(18)26-3/h5-6,11-14H,4,7-10H2,1-3H3,(H,22,25). The Morgan fingerprint density at radius 1 is 1.19 bits per heavy atom. The van der Waals surface area contributed by atoms with Crippen LogP contribution in [0, 0.1) is 6.92 Å². The summed E-state index contributed by atoms with van der Waals surface area (Å²) in [6, 6.07) is 7.61. The Balaban J connectivity index is 1.74. The zero-order valence-corrected chi connectivity index (χ0v) is 15.7. The van der Waals surface area contributed by atoms with E-state index >= 15 is 0 Å². The second-order valence-electron chi connectivity index (χ2n) is 6.51. The molecule has 3 rings (SSSR count). The number of anilines is 2. The number of rotatable bonds is 5. The molecule has 1 aromatic carbocycles. The van der Waals surface area contributed by atoms with Gasteiger partial charge in [-0.2, -0.15) is 0 Å². The summed E-state index contributed by atoms with van der Waals surface area (Å²) < 4.78 is 5.33. The fourth-order valence-corrected chi connectivity index (χ4v) is 3.16. The van der Waals surface area contributed by atoms with Crippen LogP contribution in [0.5, 0.6) is 5.75 Å². The summed E-state index contributed by atoms with van der Waals surface area (Å²) in [7, 11) is 1.60. The normalized spacial score (nSPS) is 15.0. The summed E-state index contributed by atoms with van der Waals surface area (Å²) in [5.74, 6) is 0.458. The molecule has 0 unspecified atom stereocenters. The predicted octanol–water partition coefficient (Wildman–Crippen LogP) is 2.79. The number of hydrogen-bond acceptors (Lipinski definition) is 5. The molecule has 138 valence electrons. The van der Waals surface area contributed by atoms with Crippen molar-refractivity contribution in [2.45, 2.75) is 13.8 Å². The first-order chi connectivity index (χ1) is 12.6. The highest BCUT2D eigenvalue weighted by Gasteiger charge is 2.18. The minimum absolute atomic E-state index is 0.185. The number of carbonyl (C=O) groups is 1. The van der Waals surface area contributed by atoms with Crippen LogP contribution >= 0.6 is 0 Å². The molecule has 2 aromatic rings. The van der Waals surface area contributed by atoms with Gasteiger partial charge >= 0.3 is 0 Å². The number of hydrogen-bond donors (Lipinski definition) is 1. The van der Waals surface area contributed by atoms with Crippen molar-refractivity contribution in [3.8, 4) is 5.75 Å². The molecule has 0 bridgehead atoms. The summed E-state index contributed by atoms with van der Waals surface area (Å²) in [5, 5.41) is 2.93. The zero-order chi connectivity index (χ0) is 18.5. The third kappa shape index (κ3) is 4.14. The molecule has 0 radical (unpaired) electrons. The maximum absolute atomic E-state index is 12.7. The highest BCUT2D eigenvalue weighted by atomic mass is 16.5. The van der Waals surface area contributed by atoms with Gasteiger partial charge in [0, 0.05) is 32.4 Å². The molecule has 2 heterocycles. The molecule has 0 atom stereocenters. The Labute approximate surface area is 154 Å². The lowest BCUT2D eigenvalue weighted by molar-refractivity contribution is 0.102.